The van der Waals surface area contributed by atoms with Crippen LogP contribution in [-0.4, -0.2) is 9.78 Å². The molecule has 2 N–H and O–H groups in total. The van der Waals surface area contributed by atoms with E-state index in [0.717, 1.165) is 11.3 Å². The zero-order chi connectivity index (χ0) is 14.7. The first-order valence-corrected chi connectivity index (χ1v) is 6.59. The first-order valence-electron chi connectivity index (χ1n) is 5.83. The van der Waals surface area contributed by atoms with Gasteiger partial charge in [-0.2, -0.15) is 5.10 Å². The maximum absolute atomic E-state index is 6.07. The van der Waals surface area contributed by atoms with Crippen molar-refractivity contribution in [2.45, 2.75) is 0 Å². The molecular weight excluding hydrogens is 293 g/mol. The zero-order valence-corrected chi connectivity index (χ0v) is 12.2. The first-order chi connectivity index (χ1) is 9.56. The van der Waals surface area contributed by atoms with Gasteiger partial charge in [-0.15, -0.1) is 0 Å². The Balaban J connectivity index is 2.52. The molecule has 5 heteroatoms. The number of aromatic nitrogens is 2. The van der Waals surface area contributed by atoms with Crippen molar-refractivity contribution in [1.29, 1.82) is 0 Å². The Kier molecular flexibility index (Phi) is 4.32. The number of nitrogen functional groups attached to an aromatic ring is 1. The number of halogens is 2. The molecule has 2 rings (SSSR count). The van der Waals surface area contributed by atoms with Crippen LogP contribution in [0.15, 0.2) is 60.7 Å². The first kappa shape index (κ1) is 14.4. The summed E-state index contributed by atoms with van der Waals surface area (Å²) in [6, 6.07) is 9.11. The lowest BCUT2D eigenvalue weighted by atomic mass is 10.1. The Morgan fingerprint density at radius 1 is 1.20 bits per heavy atom. The standard InChI is InChI=1S/C15H13Cl2N3/c1-3-12(17)14(4-2)20-15(18)9-13(19-20)10-5-7-11(16)8-6-10/h3-9H,1-2,18H2/b14-12-. The summed E-state index contributed by atoms with van der Waals surface area (Å²) >= 11 is 11.9. The molecular formula is C15H13Cl2N3. The number of allylic oxidation sites excluding steroid dienone is 4. The van der Waals surface area contributed by atoms with E-state index in [1.807, 2.05) is 12.1 Å². The van der Waals surface area contributed by atoms with Crippen molar-refractivity contribution in [1.82, 2.24) is 9.78 Å². The van der Waals surface area contributed by atoms with Crippen LogP contribution < -0.4 is 5.73 Å². The third-order valence-corrected chi connectivity index (χ3v) is 3.32. The van der Waals surface area contributed by atoms with Gasteiger partial charge in [0.2, 0.25) is 0 Å². The molecule has 0 radical (unpaired) electrons. The molecule has 0 saturated carbocycles. The average molecular weight is 306 g/mol. The molecule has 0 aliphatic carbocycles. The molecule has 0 bridgehead atoms. The molecule has 0 saturated heterocycles. The molecule has 3 nitrogen and oxygen atoms in total. The van der Waals surface area contributed by atoms with E-state index in [0.29, 0.717) is 21.6 Å². The maximum Gasteiger partial charge on any atom is 0.127 e. The summed E-state index contributed by atoms with van der Waals surface area (Å²) in [5, 5.41) is 5.53. The second kappa shape index (κ2) is 5.99. The summed E-state index contributed by atoms with van der Waals surface area (Å²) in [4.78, 5) is 0. The van der Waals surface area contributed by atoms with Crippen molar-refractivity contribution in [3.8, 4) is 11.3 Å². The molecule has 1 aromatic heterocycles. The number of benzene rings is 1. The van der Waals surface area contributed by atoms with Crippen LogP contribution in [0, 0.1) is 0 Å². The highest BCUT2D eigenvalue weighted by molar-refractivity contribution is 6.34. The minimum Gasteiger partial charge on any atom is -0.384 e. The Bertz CT molecular complexity index is 682. The largest absolute Gasteiger partial charge is 0.384 e. The Morgan fingerprint density at radius 3 is 2.40 bits per heavy atom. The average Bonchev–Trinajstić information content (AvgIpc) is 2.82. The van der Waals surface area contributed by atoms with E-state index >= 15 is 0 Å². The van der Waals surface area contributed by atoms with Gasteiger partial charge in [-0.25, -0.2) is 4.68 Å². The number of anilines is 1. The molecule has 0 unspecified atom stereocenters. The van der Waals surface area contributed by atoms with Gasteiger partial charge in [0.1, 0.15) is 5.82 Å². The third-order valence-electron chi connectivity index (χ3n) is 2.72. The smallest absolute Gasteiger partial charge is 0.127 e. The fourth-order valence-electron chi connectivity index (χ4n) is 1.74. The van der Waals surface area contributed by atoms with E-state index in [1.165, 1.54) is 10.8 Å². The monoisotopic (exact) mass is 305 g/mol. The lowest BCUT2D eigenvalue weighted by Gasteiger charge is -2.05. The minimum atomic E-state index is 0.428. The third kappa shape index (κ3) is 2.79. The molecule has 1 heterocycles. The fraction of sp³-hybridized carbons (Fsp3) is 0. The highest BCUT2D eigenvalue weighted by atomic mass is 35.5. The van der Waals surface area contributed by atoms with Crippen molar-refractivity contribution >= 4 is 34.7 Å². The highest BCUT2D eigenvalue weighted by Crippen LogP contribution is 2.26. The SMILES string of the molecule is C=C/C(Cl)=C(\C=C)n1nc(-c2ccc(Cl)cc2)cc1N. The molecule has 0 fully saturated rings. The van der Waals surface area contributed by atoms with Crippen LogP contribution >= 0.6 is 23.2 Å². The Hall–Kier alpha value is -1.97. The molecule has 0 atom stereocenters. The number of nitrogens with zero attached hydrogens (tertiary/aromatic N) is 2. The summed E-state index contributed by atoms with van der Waals surface area (Å²) in [6.07, 6.45) is 3.10. The lowest BCUT2D eigenvalue weighted by Crippen LogP contribution is -2.03. The molecule has 0 spiro atoms. The van der Waals surface area contributed by atoms with E-state index in [2.05, 4.69) is 18.3 Å². The van der Waals surface area contributed by atoms with Crippen LogP contribution in [0.2, 0.25) is 5.02 Å². The second-order valence-corrected chi connectivity index (χ2v) is 4.86. The number of hydrogen-bond donors (Lipinski definition) is 1. The molecule has 0 aliphatic rings. The van der Waals surface area contributed by atoms with Gasteiger partial charge in [-0.1, -0.05) is 48.5 Å². The van der Waals surface area contributed by atoms with Gasteiger partial charge in [0.05, 0.1) is 16.4 Å². The number of hydrogen-bond acceptors (Lipinski definition) is 2. The van der Waals surface area contributed by atoms with Gasteiger partial charge in [-0.05, 0) is 24.3 Å². The molecule has 20 heavy (non-hydrogen) atoms. The van der Waals surface area contributed by atoms with Crippen molar-refractivity contribution < 1.29 is 0 Å². The predicted molar refractivity (Wildman–Crippen MR) is 86.5 cm³/mol. The number of rotatable bonds is 4. The van der Waals surface area contributed by atoms with Crippen molar-refractivity contribution in [2.75, 3.05) is 5.73 Å². The predicted octanol–water partition coefficient (Wildman–Crippen LogP) is 4.57. The van der Waals surface area contributed by atoms with Crippen LogP contribution in [-0.2, 0) is 0 Å². The molecule has 102 valence electrons. The van der Waals surface area contributed by atoms with Gasteiger partial charge in [0.15, 0.2) is 0 Å². The quantitative estimate of drug-likeness (QED) is 0.841. The maximum atomic E-state index is 6.07. The minimum absolute atomic E-state index is 0.428. The van der Waals surface area contributed by atoms with Gasteiger partial charge in [0.25, 0.3) is 0 Å². The van der Waals surface area contributed by atoms with E-state index in [9.17, 15) is 0 Å². The van der Waals surface area contributed by atoms with Crippen molar-refractivity contribution in [3.63, 3.8) is 0 Å². The van der Waals surface area contributed by atoms with Gasteiger partial charge in [0, 0.05) is 16.7 Å². The summed E-state index contributed by atoms with van der Waals surface area (Å²) < 4.78 is 1.53. The van der Waals surface area contributed by atoms with Gasteiger partial charge >= 0.3 is 0 Å². The Morgan fingerprint density at radius 2 is 1.85 bits per heavy atom. The van der Waals surface area contributed by atoms with E-state index in [4.69, 9.17) is 28.9 Å². The second-order valence-electron chi connectivity index (χ2n) is 4.01. The normalized spacial score (nSPS) is 11.9. The molecule has 0 aliphatic heterocycles. The van der Waals surface area contributed by atoms with E-state index < -0.39 is 0 Å². The van der Waals surface area contributed by atoms with Crippen LogP contribution in [0.25, 0.3) is 17.0 Å². The summed E-state index contributed by atoms with van der Waals surface area (Å²) in [6.45, 7) is 7.34. The van der Waals surface area contributed by atoms with Crippen LogP contribution in [0.5, 0.6) is 0 Å². The zero-order valence-electron chi connectivity index (χ0n) is 10.7. The highest BCUT2D eigenvalue weighted by Gasteiger charge is 2.11. The molecule has 2 aromatic rings. The summed E-state index contributed by atoms with van der Waals surface area (Å²) in [5.41, 5.74) is 8.20. The topological polar surface area (TPSA) is 43.8 Å². The van der Waals surface area contributed by atoms with E-state index in [1.54, 1.807) is 24.3 Å². The molecule has 0 amide bonds. The fourth-order valence-corrected chi connectivity index (χ4v) is 2.02. The summed E-state index contributed by atoms with van der Waals surface area (Å²) in [5.74, 6) is 0.463. The van der Waals surface area contributed by atoms with Crippen LogP contribution in [0.3, 0.4) is 0 Å². The molecule has 1 aromatic carbocycles. The van der Waals surface area contributed by atoms with Crippen molar-refractivity contribution in [2.24, 2.45) is 0 Å². The summed E-state index contributed by atoms with van der Waals surface area (Å²) in [7, 11) is 0. The van der Waals surface area contributed by atoms with Gasteiger partial charge in [-0.3, -0.25) is 0 Å². The van der Waals surface area contributed by atoms with Crippen LogP contribution in [0.1, 0.15) is 0 Å². The lowest BCUT2D eigenvalue weighted by molar-refractivity contribution is 0.924. The number of nitrogens with two attached hydrogens (primary N) is 1. The van der Waals surface area contributed by atoms with Crippen LogP contribution in [0.4, 0.5) is 5.82 Å². The van der Waals surface area contributed by atoms with Gasteiger partial charge < -0.3 is 5.73 Å². The van der Waals surface area contributed by atoms with E-state index in [-0.39, 0.29) is 0 Å². The Labute approximate surface area is 127 Å². The van der Waals surface area contributed by atoms with Crippen molar-refractivity contribution in [3.05, 3.63) is 65.7 Å².